The molecule has 1 fully saturated rings. The van der Waals surface area contributed by atoms with Crippen LogP contribution in [-0.2, 0) is 11.3 Å². The Morgan fingerprint density at radius 3 is 2.63 bits per heavy atom. The van der Waals surface area contributed by atoms with Crippen LogP contribution in [0.3, 0.4) is 0 Å². The van der Waals surface area contributed by atoms with Gasteiger partial charge in [0.05, 0.1) is 31.5 Å². The highest BCUT2D eigenvalue weighted by Gasteiger charge is 2.34. The first-order valence-electron chi connectivity index (χ1n) is 10.9. The number of piperidine rings is 1. The molecule has 0 spiro atoms. The second kappa shape index (κ2) is 13.5. The Bertz CT molecular complexity index is 683. The van der Waals surface area contributed by atoms with Gasteiger partial charge in [-0.05, 0) is 55.9 Å². The highest BCUT2D eigenvalue weighted by molar-refractivity contribution is 5.75. The minimum atomic E-state index is -0.861. The summed E-state index contributed by atoms with van der Waals surface area (Å²) in [5.41, 5.74) is 3.45. The average Bonchev–Trinajstić information content (AvgIpc) is 2.76. The number of hydrogen-bond acceptors (Lipinski definition) is 5. The summed E-state index contributed by atoms with van der Waals surface area (Å²) in [5.74, 6) is 0. The zero-order chi connectivity index (χ0) is 21.8. The summed E-state index contributed by atoms with van der Waals surface area (Å²) in [6, 6.07) is 8.05. The Morgan fingerprint density at radius 2 is 1.97 bits per heavy atom. The largest absolute Gasteiger partial charge is 0.395 e. The van der Waals surface area contributed by atoms with Crippen molar-refractivity contribution in [1.29, 1.82) is 0 Å². The van der Waals surface area contributed by atoms with Gasteiger partial charge in [0.1, 0.15) is 0 Å². The molecule has 1 heterocycles. The van der Waals surface area contributed by atoms with Crippen LogP contribution in [0.2, 0.25) is 0 Å². The van der Waals surface area contributed by atoms with E-state index in [1.807, 2.05) is 19.1 Å². The molecule has 3 atom stereocenters. The minimum Gasteiger partial charge on any atom is -0.395 e. The lowest BCUT2D eigenvalue weighted by Crippen LogP contribution is -2.56. The van der Waals surface area contributed by atoms with Crippen LogP contribution in [0.15, 0.2) is 55.1 Å². The summed E-state index contributed by atoms with van der Waals surface area (Å²) in [6.07, 6.45) is 9.86. The van der Waals surface area contributed by atoms with Crippen molar-refractivity contribution < 1.29 is 20.1 Å². The van der Waals surface area contributed by atoms with Gasteiger partial charge in [0.2, 0.25) is 0 Å². The number of aliphatic hydroxyl groups is 3. The van der Waals surface area contributed by atoms with E-state index in [2.05, 4.69) is 41.8 Å². The van der Waals surface area contributed by atoms with E-state index in [1.165, 1.54) is 0 Å². The van der Waals surface area contributed by atoms with E-state index in [0.717, 1.165) is 42.5 Å². The molecule has 5 heteroatoms. The van der Waals surface area contributed by atoms with Crippen LogP contribution in [0.4, 0.5) is 0 Å². The predicted molar refractivity (Wildman–Crippen MR) is 122 cm³/mol. The Hall–Kier alpha value is -1.76. The molecule has 1 saturated heterocycles. The Morgan fingerprint density at radius 1 is 1.20 bits per heavy atom. The molecular formula is C25H37NO4. The van der Waals surface area contributed by atoms with E-state index in [1.54, 1.807) is 6.08 Å². The Balaban J connectivity index is 1.64. The number of rotatable bonds is 12. The SMILES string of the molecule is C=C/C=C(\C=C/C)c1ccc(COCCCCCN2CCC(O)C(O)C2CO)cc1. The monoisotopic (exact) mass is 415 g/mol. The normalized spacial score (nSPS) is 23.2. The van der Waals surface area contributed by atoms with Crippen molar-refractivity contribution in [1.82, 2.24) is 4.90 Å². The highest BCUT2D eigenvalue weighted by Crippen LogP contribution is 2.19. The number of likely N-dealkylation sites (tertiary alicyclic amines) is 1. The molecule has 0 saturated carbocycles. The topological polar surface area (TPSA) is 73.2 Å². The van der Waals surface area contributed by atoms with Crippen LogP contribution >= 0.6 is 0 Å². The van der Waals surface area contributed by atoms with Crippen LogP contribution in [0.5, 0.6) is 0 Å². The molecule has 2 rings (SSSR count). The molecule has 1 aliphatic heterocycles. The van der Waals surface area contributed by atoms with Crippen molar-refractivity contribution in [2.45, 2.75) is 57.5 Å². The van der Waals surface area contributed by atoms with Gasteiger partial charge in [0.15, 0.2) is 0 Å². The first kappa shape index (κ1) is 24.5. The van der Waals surface area contributed by atoms with Gasteiger partial charge in [-0.3, -0.25) is 4.90 Å². The quantitative estimate of drug-likeness (QED) is 0.361. The molecule has 30 heavy (non-hydrogen) atoms. The second-order valence-corrected chi connectivity index (χ2v) is 7.80. The fraction of sp³-hybridized carbons (Fsp3) is 0.520. The molecule has 0 aromatic heterocycles. The molecule has 1 aromatic rings. The maximum absolute atomic E-state index is 10.0. The van der Waals surface area contributed by atoms with Crippen LogP contribution in [0, 0.1) is 0 Å². The summed E-state index contributed by atoms with van der Waals surface area (Å²) in [7, 11) is 0. The number of ether oxygens (including phenoxy) is 1. The van der Waals surface area contributed by atoms with Gasteiger partial charge in [-0.2, -0.15) is 0 Å². The molecule has 1 aromatic carbocycles. The molecule has 0 bridgehead atoms. The summed E-state index contributed by atoms with van der Waals surface area (Å²) in [6.45, 7) is 8.51. The molecule has 0 aliphatic carbocycles. The molecule has 5 nitrogen and oxygen atoms in total. The van der Waals surface area contributed by atoms with Crippen molar-refractivity contribution in [2.75, 3.05) is 26.3 Å². The zero-order valence-electron chi connectivity index (χ0n) is 18.1. The number of unbranched alkanes of at least 4 members (excludes halogenated alkanes) is 2. The third kappa shape index (κ3) is 7.49. The van der Waals surface area contributed by atoms with Crippen molar-refractivity contribution in [3.8, 4) is 0 Å². The van der Waals surface area contributed by atoms with Crippen molar-refractivity contribution >= 4 is 5.57 Å². The zero-order valence-corrected chi connectivity index (χ0v) is 18.1. The molecule has 166 valence electrons. The van der Waals surface area contributed by atoms with Crippen LogP contribution in [-0.4, -0.2) is 64.8 Å². The lowest BCUT2D eigenvalue weighted by atomic mass is 9.96. The Labute approximate surface area is 181 Å². The van der Waals surface area contributed by atoms with Crippen molar-refractivity contribution in [2.24, 2.45) is 0 Å². The molecule has 0 amide bonds. The molecule has 0 radical (unpaired) electrons. The van der Waals surface area contributed by atoms with E-state index >= 15 is 0 Å². The van der Waals surface area contributed by atoms with Crippen molar-refractivity contribution in [3.63, 3.8) is 0 Å². The third-order valence-electron chi connectivity index (χ3n) is 5.59. The van der Waals surface area contributed by atoms with Crippen LogP contribution in [0.1, 0.15) is 43.7 Å². The average molecular weight is 416 g/mol. The number of benzene rings is 1. The van der Waals surface area contributed by atoms with E-state index < -0.39 is 12.2 Å². The number of hydrogen-bond donors (Lipinski definition) is 3. The van der Waals surface area contributed by atoms with Crippen LogP contribution in [0.25, 0.3) is 5.57 Å². The number of aliphatic hydroxyl groups excluding tert-OH is 3. The van der Waals surface area contributed by atoms with Gasteiger partial charge < -0.3 is 20.1 Å². The fourth-order valence-electron chi connectivity index (χ4n) is 3.84. The summed E-state index contributed by atoms with van der Waals surface area (Å²) >= 11 is 0. The standard InChI is InChI=1S/C25H37NO4/c1-3-8-21(9-4-2)22-12-10-20(11-13-22)19-30-17-7-5-6-15-26-16-14-24(28)25(29)23(26)18-27/h3-4,8-13,23-25,27-29H,1,5-7,14-19H2,2H3/b9-4-,21-8+. The Kier molecular flexibility index (Phi) is 11.0. The molecule has 3 N–H and O–H groups in total. The first-order valence-corrected chi connectivity index (χ1v) is 10.9. The molecule has 3 unspecified atom stereocenters. The fourth-order valence-corrected chi connectivity index (χ4v) is 3.84. The summed E-state index contributed by atoms with van der Waals surface area (Å²) in [5, 5.41) is 29.2. The van der Waals surface area contributed by atoms with E-state index in [-0.39, 0.29) is 12.6 Å². The maximum Gasteiger partial charge on any atom is 0.0976 e. The second-order valence-electron chi connectivity index (χ2n) is 7.80. The van der Waals surface area contributed by atoms with Crippen LogP contribution < -0.4 is 0 Å². The third-order valence-corrected chi connectivity index (χ3v) is 5.59. The predicted octanol–water partition coefficient (Wildman–Crippen LogP) is 3.31. The molecular weight excluding hydrogens is 378 g/mol. The smallest absolute Gasteiger partial charge is 0.0976 e. The van der Waals surface area contributed by atoms with Gasteiger partial charge in [-0.1, -0.05) is 55.1 Å². The summed E-state index contributed by atoms with van der Waals surface area (Å²) in [4.78, 5) is 2.09. The molecule has 1 aliphatic rings. The van der Waals surface area contributed by atoms with E-state index in [4.69, 9.17) is 4.74 Å². The lowest BCUT2D eigenvalue weighted by molar-refractivity contribution is -0.0897. The van der Waals surface area contributed by atoms with Crippen molar-refractivity contribution in [3.05, 3.63) is 66.3 Å². The van der Waals surface area contributed by atoms with Gasteiger partial charge >= 0.3 is 0 Å². The lowest BCUT2D eigenvalue weighted by Gasteiger charge is -2.40. The minimum absolute atomic E-state index is 0.125. The van der Waals surface area contributed by atoms with Gasteiger partial charge in [-0.15, -0.1) is 0 Å². The highest BCUT2D eigenvalue weighted by atomic mass is 16.5. The summed E-state index contributed by atoms with van der Waals surface area (Å²) < 4.78 is 5.81. The van der Waals surface area contributed by atoms with Gasteiger partial charge in [0, 0.05) is 13.2 Å². The number of nitrogens with zero attached hydrogens (tertiary/aromatic N) is 1. The maximum atomic E-state index is 10.0. The van der Waals surface area contributed by atoms with Gasteiger partial charge in [0.25, 0.3) is 0 Å². The first-order chi connectivity index (χ1) is 14.6. The van der Waals surface area contributed by atoms with E-state index in [0.29, 0.717) is 26.2 Å². The number of allylic oxidation sites excluding steroid dienone is 5. The van der Waals surface area contributed by atoms with E-state index in [9.17, 15) is 15.3 Å². The van der Waals surface area contributed by atoms with Gasteiger partial charge in [-0.25, -0.2) is 0 Å².